The van der Waals surface area contributed by atoms with Crippen LogP contribution in [0.2, 0.25) is 0 Å². The number of amides is 1. The first-order valence-electron chi connectivity index (χ1n) is 9.07. The molecule has 1 aliphatic rings. The predicted octanol–water partition coefficient (Wildman–Crippen LogP) is 2.47. The molecule has 0 saturated carbocycles. The molecule has 1 aliphatic heterocycles. The highest BCUT2D eigenvalue weighted by Gasteiger charge is 2.51. The Labute approximate surface area is 161 Å². The van der Waals surface area contributed by atoms with Crippen molar-refractivity contribution in [2.24, 2.45) is 0 Å². The summed E-state index contributed by atoms with van der Waals surface area (Å²) in [5.74, 6) is -0.882. The number of aliphatic hydroxyl groups is 1. The summed E-state index contributed by atoms with van der Waals surface area (Å²) < 4.78 is 5.53. The molecule has 1 unspecified atom stereocenters. The Bertz CT molecular complexity index is 987. The Morgan fingerprint density at radius 2 is 1.93 bits per heavy atom. The zero-order valence-electron chi connectivity index (χ0n) is 15.1. The third kappa shape index (κ3) is 3.32. The number of Topliss-reactive ketones (excluding diaryl/α,β-unsaturated/α-hetero) is 1. The van der Waals surface area contributed by atoms with Crippen LogP contribution in [0.25, 0.3) is 11.5 Å². The quantitative estimate of drug-likeness (QED) is 0.663. The number of likely N-dealkylation sites (tertiary alicyclic amines) is 1. The normalized spacial score (nSPS) is 19.2. The molecule has 0 spiro atoms. The first-order chi connectivity index (χ1) is 13.6. The monoisotopic (exact) mass is 377 g/mol. The van der Waals surface area contributed by atoms with Gasteiger partial charge in [-0.25, -0.2) is 4.98 Å². The van der Waals surface area contributed by atoms with E-state index < -0.39 is 11.5 Å². The van der Waals surface area contributed by atoms with E-state index in [0.29, 0.717) is 17.9 Å². The van der Waals surface area contributed by atoms with E-state index >= 15 is 0 Å². The lowest BCUT2D eigenvalue weighted by Crippen LogP contribution is -2.52. The van der Waals surface area contributed by atoms with Crippen molar-refractivity contribution in [2.45, 2.75) is 25.0 Å². The maximum absolute atomic E-state index is 13.0. The molecule has 142 valence electrons. The lowest BCUT2D eigenvalue weighted by atomic mass is 10.0. The Hall–Kier alpha value is -3.32. The molecule has 7 nitrogen and oxygen atoms in total. The summed E-state index contributed by atoms with van der Waals surface area (Å²) in [6, 6.07) is 14.9. The van der Waals surface area contributed by atoms with Crippen molar-refractivity contribution in [1.29, 1.82) is 0 Å². The Kier molecular flexibility index (Phi) is 4.75. The highest BCUT2D eigenvalue weighted by atomic mass is 16.4. The molecule has 2 aromatic heterocycles. The van der Waals surface area contributed by atoms with Gasteiger partial charge >= 0.3 is 0 Å². The number of oxazole rings is 1. The number of ketones is 1. The fourth-order valence-corrected chi connectivity index (χ4v) is 3.37. The summed E-state index contributed by atoms with van der Waals surface area (Å²) in [6.45, 7) is 0.235. The second kappa shape index (κ2) is 7.36. The molecule has 1 atom stereocenters. The molecule has 0 radical (unpaired) electrons. The van der Waals surface area contributed by atoms with Crippen molar-refractivity contribution in [2.75, 3.05) is 6.54 Å². The third-order valence-corrected chi connectivity index (χ3v) is 4.88. The summed E-state index contributed by atoms with van der Waals surface area (Å²) >= 11 is 0. The van der Waals surface area contributed by atoms with E-state index in [1.807, 2.05) is 30.3 Å². The van der Waals surface area contributed by atoms with E-state index in [-0.39, 0.29) is 31.2 Å². The fraction of sp³-hybridized carbons (Fsp3) is 0.238. The average Bonchev–Trinajstić information content (AvgIpc) is 3.33. The number of carbonyl (C=O) groups is 2. The van der Waals surface area contributed by atoms with Gasteiger partial charge in [-0.3, -0.25) is 14.6 Å². The molecule has 0 aliphatic carbocycles. The zero-order valence-corrected chi connectivity index (χ0v) is 15.1. The summed E-state index contributed by atoms with van der Waals surface area (Å²) in [4.78, 5) is 34.7. The first kappa shape index (κ1) is 18.1. The lowest BCUT2D eigenvalue weighted by molar-refractivity contribution is -0.139. The summed E-state index contributed by atoms with van der Waals surface area (Å²) in [5.41, 5.74) is -0.395. The van der Waals surface area contributed by atoms with E-state index in [1.54, 1.807) is 24.4 Å². The van der Waals surface area contributed by atoms with Crippen molar-refractivity contribution < 1.29 is 19.1 Å². The number of benzene rings is 1. The molecule has 1 N–H and O–H groups in total. The maximum Gasteiger partial charge on any atom is 0.270 e. The molecular weight excluding hydrogens is 358 g/mol. The van der Waals surface area contributed by atoms with Crippen molar-refractivity contribution in [3.63, 3.8) is 0 Å². The van der Waals surface area contributed by atoms with E-state index in [4.69, 9.17) is 4.42 Å². The highest BCUT2D eigenvalue weighted by Crippen LogP contribution is 2.32. The second-order valence-corrected chi connectivity index (χ2v) is 6.67. The first-order valence-corrected chi connectivity index (χ1v) is 9.07. The Balaban J connectivity index is 1.55. The molecule has 1 saturated heterocycles. The van der Waals surface area contributed by atoms with Gasteiger partial charge in [-0.05, 0) is 24.1 Å². The SMILES string of the molecule is O=C1CCC(O)(C(=O)c2ncc(-c3ccccn3)o2)N1CCc1ccccc1. The van der Waals surface area contributed by atoms with Crippen LogP contribution in [-0.2, 0) is 11.2 Å². The molecule has 3 heterocycles. The molecule has 1 fully saturated rings. The summed E-state index contributed by atoms with van der Waals surface area (Å²) in [5, 5.41) is 11.0. The van der Waals surface area contributed by atoms with Crippen LogP contribution < -0.4 is 0 Å². The molecule has 1 aromatic carbocycles. The standard InChI is InChI=1S/C21H19N3O4/c25-18-9-11-21(27,24(18)13-10-15-6-2-1-3-7-15)19(26)20-23-14-17(28-20)16-8-4-5-12-22-16/h1-8,12,14,27H,9-11,13H2. The molecule has 28 heavy (non-hydrogen) atoms. The number of pyridine rings is 1. The number of hydrogen-bond donors (Lipinski definition) is 1. The van der Waals surface area contributed by atoms with Crippen LogP contribution in [0.4, 0.5) is 0 Å². The lowest BCUT2D eigenvalue weighted by Gasteiger charge is -2.31. The highest BCUT2D eigenvalue weighted by molar-refractivity contribution is 6.02. The topological polar surface area (TPSA) is 96.5 Å². The molecule has 0 bridgehead atoms. The zero-order chi connectivity index (χ0) is 19.6. The van der Waals surface area contributed by atoms with Gasteiger partial charge in [0.25, 0.3) is 11.7 Å². The van der Waals surface area contributed by atoms with Crippen LogP contribution in [0.15, 0.2) is 65.3 Å². The Morgan fingerprint density at radius 1 is 1.14 bits per heavy atom. The van der Waals surface area contributed by atoms with Gasteiger partial charge in [0.05, 0.1) is 6.20 Å². The van der Waals surface area contributed by atoms with Gasteiger partial charge in [-0.1, -0.05) is 36.4 Å². The minimum Gasteiger partial charge on any atom is -0.432 e. The molecule has 4 rings (SSSR count). The van der Waals surface area contributed by atoms with Gasteiger partial charge < -0.3 is 14.4 Å². The molecular formula is C21H19N3O4. The Morgan fingerprint density at radius 3 is 2.68 bits per heavy atom. The second-order valence-electron chi connectivity index (χ2n) is 6.67. The number of carbonyl (C=O) groups excluding carboxylic acids is 2. The van der Waals surface area contributed by atoms with Crippen molar-refractivity contribution in [3.8, 4) is 11.5 Å². The van der Waals surface area contributed by atoms with Crippen LogP contribution in [0, 0.1) is 0 Å². The van der Waals surface area contributed by atoms with Gasteiger partial charge in [0.2, 0.25) is 11.6 Å². The van der Waals surface area contributed by atoms with E-state index in [2.05, 4.69) is 9.97 Å². The van der Waals surface area contributed by atoms with Crippen LogP contribution in [0.3, 0.4) is 0 Å². The molecule has 7 heteroatoms. The van der Waals surface area contributed by atoms with E-state index in [0.717, 1.165) is 5.56 Å². The van der Waals surface area contributed by atoms with Crippen LogP contribution in [0.5, 0.6) is 0 Å². The van der Waals surface area contributed by atoms with Gasteiger partial charge in [0.15, 0.2) is 5.76 Å². The predicted molar refractivity (Wildman–Crippen MR) is 100 cm³/mol. The van der Waals surface area contributed by atoms with E-state index in [1.165, 1.54) is 11.1 Å². The maximum atomic E-state index is 13.0. The summed E-state index contributed by atoms with van der Waals surface area (Å²) in [6.07, 6.45) is 3.65. The van der Waals surface area contributed by atoms with E-state index in [9.17, 15) is 14.7 Å². The summed E-state index contributed by atoms with van der Waals surface area (Å²) in [7, 11) is 0. The smallest absolute Gasteiger partial charge is 0.270 e. The number of hydrogen-bond acceptors (Lipinski definition) is 6. The average molecular weight is 377 g/mol. The minimum absolute atomic E-state index is 0.0146. The van der Waals surface area contributed by atoms with Gasteiger partial charge in [0.1, 0.15) is 5.69 Å². The van der Waals surface area contributed by atoms with Crippen LogP contribution in [-0.4, -0.2) is 43.9 Å². The van der Waals surface area contributed by atoms with Gasteiger partial charge in [0, 0.05) is 25.6 Å². The number of nitrogens with zero attached hydrogens (tertiary/aromatic N) is 3. The minimum atomic E-state index is -1.95. The molecule has 3 aromatic rings. The largest absolute Gasteiger partial charge is 0.432 e. The molecule has 1 amide bonds. The fourth-order valence-electron chi connectivity index (χ4n) is 3.37. The third-order valence-electron chi connectivity index (χ3n) is 4.88. The van der Waals surface area contributed by atoms with Crippen LogP contribution >= 0.6 is 0 Å². The number of rotatable bonds is 6. The number of aromatic nitrogens is 2. The van der Waals surface area contributed by atoms with Gasteiger partial charge in [-0.15, -0.1) is 0 Å². The van der Waals surface area contributed by atoms with Gasteiger partial charge in [-0.2, -0.15) is 0 Å². The van der Waals surface area contributed by atoms with Crippen molar-refractivity contribution >= 4 is 11.7 Å². The van der Waals surface area contributed by atoms with Crippen LogP contribution in [0.1, 0.15) is 29.1 Å². The van der Waals surface area contributed by atoms with Crippen molar-refractivity contribution in [1.82, 2.24) is 14.9 Å². The van der Waals surface area contributed by atoms with Crippen molar-refractivity contribution in [3.05, 3.63) is 72.4 Å².